The van der Waals surface area contributed by atoms with E-state index >= 15 is 0 Å². The number of nitrogens with zero attached hydrogens (tertiary/aromatic N) is 1. The molecule has 4 heteroatoms. The topological polar surface area (TPSA) is 60.0 Å². The molecule has 1 amide bonds. The number of nitrogens with one attached hydrogen (secondary N) is 1. The second-order valence-corrected chi connectivity index (χ2v) is 5.85. The Hall–Kier alpha value is -1.45. The standard InChI is InChI=1S/C15H25N3O/c1-4-7-18-9-12(16)8-14(18)15(19)17-13-6-5-10(2)11(13)3/h8-11,13H,4-7,16H2,1-3H3,(H,17,19). The number of carbonyl (C=O) groups excluding carboxylic acids is 1. The molecule has 1 aliphatic rings. The minimum absolute atomic E-state index is 0.0103. The normalized spacial score (nSPS) is 26.6. The highest BCUT2D eigenvalue weighted by Crippen LogP contribution is 2.31. The molecule has 1 aliphatic carbocycles. The van der Waals surface area contributed by atoms with E-state index in [2.05, 4.69) is 26.1 Å². The number of rotatable bonds is 4. The summed E-state index contributed by atoms with van der Waals surface area (Å²) in [4.78, 5) is 12.4. The predicted molar refractivity (Wildman–Crippen MR) is 78.0 cm³/mol. The number of amides is 1. The third-order valence-corrected chi connectivity index (χ3v) is 4.40. The highest BCUT2D eigenvalue weighted by Gasteiger charge is 2.31. The molecule has 4 nitrogen and oxygen atoms in total. The van der Waals surface area contributed by atoms with E-state index < -0.39 is 0 Å². The Morgan fingerprint density at radius 3 is 2.79 bits per heavy atom. The van der Waals surface area contributed by atoms with Crippen LogP contribution in [0.1, 0.15) is 50.5 Å². The van der Waals surface area contributed by atoms with Gasteiger partial charge >= 0.3 is 0 Å². The van der Waals surface area contributed by atoms with E-state index in [1.54, 1.807) is 6.07 Å². The molecule has 19 heavy (non-hydrogen) atoms. The summed E-state index contributed by atoms with van der Waals surface area (Å²) in [5, 5.41) is 3.17. The number of aryl methyl sites for hydroxylation is 1. The summed E-state index contributed by atoms with van der Waals surface area (Å²) >= 11 is 0. The number of nitrogens with two attached hydrogens (primary N) is 1. The molecule has 0 aromatic carbocycles. The van der Waals surface area contributed by atoms with Gasteiger partial charge in [-0.05, 0) is 37.2 Å². The Bertz CT molecular complexity index is 452. The lowest BCUT2D eigenvalue weighted by Crippen LogP contribution is -2.38. The lowest BCUT2D eigenvalue weighted by Gasteiger charge is -2.20. The van der Waals surface area contributed by atoms with Crippen molar-refractivity contribution in [3.8, 4) is 0 Å². The Kier molecular flexibility index (Phi) is 4.17. The van der Waals surface area contributed by atoms with Crippen LogP contribution in [0.25, 0.3) is 0 Å². The summed E-state index contributed by atoms with van der Waals surface area (Å²) in [5.41, 5.74) is 7.15. The second-order valence-electron chi connectivity index (χ2n) is 5.85. The average molecular weight is 263 g/mol. The van der Waals surface area contributed by atoms with Gasteiger partial charge in [0, 0.05) is 18.8 Å². The largest absolute Gasteiger partial charge is 0.397 e. The molecule has 3 atom stereocenters. The first kappa shape index (κ1) is 14.0. The monoisotopic (exact) mass is 263 g/mol. The number of carbonyl (C=O) groups is 1. The zero-order valence-electron chi connectivity index (χ0n) is 12.1. The van der Waals surface area contributed by atoms with Gasteiger partial charge in [0.2, 0.25) is 0 Å². The van der Waals surface area contributed by atoms with Crippen LogP contribution in [-0.2, 0) is 6.54 Å². The van der Waals surface area contributed by atoms with Gasteiger partial charge in [0.25, 0.3) is 5.91 Å². The molecule has 0 aliphatic heterocycles. The summed E-state index contributed by atoms with van der Waals surface area (Å²) in [7, 11) is 0. The van der Waals surface area contributed by atoms with Gasteiger partial charge in [0.1, 0.15) is 5.69 Å². The van der Waals surface area contributed by atoms with E-state index in [0.717, 1.165) is 19.4 Å². The molecule has 1 saturated carbocycles. The Morgan fingerprint density at radius 1 is 1.47 bits per heavy atom. The SMILES string of the molecule is CCCn1cc(N)cc1C(=O)NC1CCC(C)C1C. The van der Waals surface area contributed by atoms with Crippen LogP contribution in [0.2, 0.25) is 0 Å². The Balaban J connectivity index is 2.07. The molecular weight excluding hydrogens is 238 g/mol. The molecule has 1 aromatic heterocycles. The van der Waals surface area contributed by atoms with Crippen LogP contribution in [0.15, 0.2) is 12.3 Å². The zero-order valence-corrected chi connectivity index (χ0v) is 12.1. The fourth-order valence-electron chi connectivity index (χ4n) is 2.96. The van der Waals surface area contributed by atoms with Gasteiger partial charge in [0.05, 0.1) is 5.69 Å². The van der Waals surface area contributed by atoms with Crippen molar-refractivity contribution in [2.24, 2.45) is 11.8 Å². The van der Waals surface area contributed by atoms with Gasteiger partial charge in [-0.25, -0.2) is 0 Å². The Morgan fingerprint density at radius 2 is 2.21 bits per heavy atom. The molecule has 1 fully saturated rings. The maximum atomic E-state index is 12.4. The minimum Gasteiger partial charge on any atom is -0.397 e. The fraction of sp³-hybridized carbons (Fsp3) is 0.667. The molecule has 0 spiro atoms. The minimum atomic E-state index is 0.0103. The van der Waals surface area contributed by atoms with E-state index in [1.807, 2.05) is 10.8 Å². The highest BCUT2D eigenvalue weighted by molar-refractivity contribution is 5.94. The number of anilines is 1. The molecule has 106 valence electrons. The molecule has 0 radical (unpaired) electrons. The van der Waals surface area contributed by atoms with Gasteiger partial charge < -0.3 is 15.6 Å². The van der Waals surface area contributed by atoms with Crippen molar-refractivity contribution in [2.75, 3.05) is 5.73 Å². The van der Waals surface area contributed by atoms with Gasteiger partial charge in [-0.1, -0.05) is 20.8 Å². The molecule has 1 aromatic rings. The van der Waals surface area contributed by atoms with Crippen LogP contribution in [0.5, 0.6) is 0 Å². The van der Waals surface area contributed by atoms with Crippen molar-refractivity contribution in [3.05, 3.63) is 18.0 Å². The van der Waals surface area contributed by atoms with Crippen LogP contribution in [0.3, 0.4) is 0 Å². The van der Waals surface area contributed by atoms with Crippen LogP contribution >= 0.6 is 0 Å². The van der Waals surface area contributed by atoms with Crippen molar-refractivity contribution in [2.45, 2.75) is 52.6 Å². The van der Waals surface area contributed by atoms with E-state index in [0.29, 0.717) is 29.3 Å². The maximum absolute atomic E-state index is 12.4. The predicted octanol–water partition coefficient (Wildman–Crippen LogP) is 2.64. The lowest BCUT2D eigenvalue weighted by molar-refractivity contribution is 0.0918. The second kappa shape index (κ2) is 5.68. The third-order valence-electron chi connectivity index (χ3n) is 4.40. The van der Waals surface area contributed by atoms with Crippen molar-refractivity contribution >= 4 is 11.6 Å². The molecular formula is C15H25N3O. The first-order valence-electron chi connectivity index (χ1n) is 7.29. The summed E-state index contributed by atoms with van der Waals surface area (Å²) in [5.74, 6) is 1.25. The molecule has 0 saturated heterocycles. The summed E-state index contributed by atoms with van der Waals surface area (Å²) < 4.78 is 1.95. The average Bonchev–Trinajstić information content (AvgIpc) is 2.87. The maximum Gasteiger partial charge on any atom is 0.268 e. The lowest BCUT2D eigenvalue weighted by atomic mass is 9.98. The zero-order chi connectivity index (χ0) is 14.0. The number of hydrogen-bond donors (Lipinski definition) is 2. The highest BCUT2D eigenvalue weighted by atomic mass is 16.2. The van der Waals surface area contributed by atoms with E-state index in [-0.39, 0.29) is 5.91 Å². The van der Waals surface area contributed by atoms with Gasteiger partial charge in [0.15, 0.2) is 0 Å². The molecule has 3 N–H and O–H groups in total. The van der Waals surface area contributed by atoms with Crippen molar-refractivity contribution in [1.82, 2.24) is 9.88 Å². The van der Waals surface area contributed by atoms with Crippen LogP contribution in [0.4, 0.5) is 5.69 Å². The van der Waals surface area contributed by atoms with Crippen LogP contribution < -0.4 is 11.1 Å². The Labute approximate surface area is 115 Å². The number of aromatic nitrogens is 1. The summed E-state index contributed by atoms with van der Waals surface area (Å²) in [6, 6.07) is 2.07. The smallest absolute Gasteiger partial charge is 0.268 e. The third kappa shape index (κ3) is 2.94. The van der Waals surface area contributed by atoms with Crippen molar-refractivity contribution < 1.29 is 4.79 Å². The van der Waals surface area contributed by atoms with E-state index in [4.69, 9.17) is 5.73 Å². The van der Waals surface area contributed by atoms with Crippen LogP contribution in [0, 0.1) is 11.8 Å². The number of nitrogen functional groups attached to an aromatic ring is 1. The van der Waals surface area contributed by atoms with Crippen LogP contribution in [-0.4, -0.2) is 16.5 Å². The summed E-state index contributed by atoms with van der Waals surface area (Å²) in [6.07, 6.45) is 5.12. The van der Waals surface area contributed by atoms with E-state index in [9.17, 15) is 4.79 Å². The van der Waals surface area contributed by atoms with Crippen molar-refractivity contribution in [1.29, 1.82) is 0 Å². The first-order valence-corrected chi connectivity index (χ1v) is 7.29. The van der Waals surface area contributed by atoms with Gasteiger partial charge in [-0.3, -0.25) is 4.79 Å². The molecule has 0 bridgehead atoms. The molecule has 3 unspecified atom stereocenters. The number of hydrogen-bond acceptors (Lipinski definition) is 2. The first-order chi connectivity index (χ1) is 9.02. The molecule has 2 rings (SSSR count). The summed E-state index contributed by atoms with van der Waals surface area (Å²) in [6.45, 7) is 7.41. The van der Waals surface area contributed by atoms with E-state index in [1.165, 1.54) is 6.42 Å². The quantitative estimate of drug-likeness (QED) is 0.877. The van der Waals surface area contributed by atoms with Gasteiger partial charge in [-0.2, -0.15) is 0 Å². The fourth-order valence-corrected chi connectivity index (χ4v) is 2.96. The van der Waals surface area contributed by atoms with Gasteiger partial charge in [-0.15, -0.1) is 0 Å². The van der Waals surface area contributed by atoms with Crippen molar-refractivity contribution in [3.63, 3.8) is 0 Å². The molecule has 1 heterocycles.